The fourth-order valence-corrected chi connectivity index (χ4v) is 2.46. The zero-order valence-corrected chi connectivity index (χ0v) is 12.3. The number of hydrogen-bond donors (Lipinski definition) is 1. The maximum atomic E-state index is 11.7. The maximum Gasteiger partial charge on any atom is 0.314 e. The third-order valence-electron chi connectivity index (χ3n) is 3.39. The summed E-state index contributed by atoms with van der Waals surface area (Å²) in [7, 11) is 0. The Hall–Kier alpha value is -2.62. The number of rotatable bonds is 6. The van der Waals surface area contributed by atoms with E-state index in [1.807, 2.05) is 36.4 Å². The molecule has 0 aliphatic rings. The number of carbonyl (C=O) groups excluding carboxylic acids is 1. The predicted octanol–water partition coefficient (Wildman–Crippen LogP) is 3.03. The molecule has 2 aromatic carbocycles. The van der Waals surface area contributed by atoms with Gasteiger partial charge in [0.15, 0.2) is 0 Å². The molecule has 2 aromatic rings. The highest BCUT2D eigenvalue weighted by atomic mass is 16.5. The second-order valence-corrected chi connectivity index (χ2v) is 5.06. The van der Waals surface area contributed by atoms with E-state index in [1.54, 1.807) is 24.3 Å². The smallest absolute Gasteiger partial charge is 0.314 e. The molecule has 22 heavy (non-hydrogen) atoms. The van der Waals surface area contributed by atoms with Gasteiger partial charge < -0.3 is 9.84 Å². The number of benzene rings is 2. The Balaban J connectivity index is 2.32. The molecule has 0 heterocycles. The van der Waals surface area contributed by atoms with Crippen LogP contribution in [0.3, 0.4) is 0 Å². The minimum atomic E-state index is -1.01. The van der Waals surface area contributed by atoms with Crippen LogP contribution in [0.1, 0.15) is 24.0 Å². The fourth-order valence-electron chi connectivity index (χ4n) is 2.46. The number of esters is 1. The van der Waals surface area contributed by atoms with E-state index >= 15 is 0 Å². The fraction of sp³-hybridized carbons (Fsp3) is 0.222. The van der Waals surface area contributed by atoms with E-state index in [0.717, 1.165) is 5.56 Å². The number of hydrogen-bond acceptors (Lipinski definition) is 3. The first-order valence-electron chi connectivity index (χ1n) is 7.07. The van der Waals surface area contributed by atoms with Crippen molar-refractivity contribution in [3.63, 3.8) is 0 Å². The molecule has 0 aromatic heterocycles. The van der Waals surface area contributed by atoms with Crippen molar-refractivity contribution in [2.75, 3.05) is 0 Å². The number of carboxylic acids is 1. The van der Waals surface area contributed by atoms with E-state index < -0.39 is 24.0 Å². The van der Waals surface area contributed by atoms with E-state index in [9.17, 15) is 14.7 Å². The Morgan fingerprint density at radius 1 is 1.00 bits per heavy atom. The summed E-state index contributed by atoms with van der Waals surface area (Å²) in [5.74, 6) is -2.39. The molecule has 0 saturated heterocycles. The molecule has 0 bridgehead atoms. The van der Waals surface area contributed by atoms with Gasteiger partial charge in [-0.1, -0.05) is 60.7 Å². The van der Waals surface area contributed by atoms with E-state index in [-0.39, 0.29) is 0 Å². The highest BCUT2D eigenvalue weighted by molar-refractivity contribution is 5.78. The van der Waals surface area contributed by atoms with Crippen molar-refractivity contribution in [2.24, 2.45) is 0 Å². The lowest BCUT2D eigenvalue weighted by atomic mass is 9.89. The summed E-state index contributed by atoms with van der Waals surface area (Å²) in [5, 5.41) is 9.60. The molecule has 0 aliphatic heterocycles. The van der Waals surface area contributed by atoms with Crippen molar-refractivity contribution in [1.82, 2.24) is 0 Å². The lowest BCUT2D eigenvalue weighted by molar-refractivity contribution is -0.152. The predicted molar refractivity (Wildman–Crippen MR) is 82.5 cm³/mol. The van der Waals surface area contributed by atoms with E-state index in [2.05, 4.69) is 0 Å². The van der Waals surface area contributed by atoms with Crippen LogP contribution in [-0.4, -0.2) is 23.1 Å². The first kappa shape index (κ1) is 15.8. The van der Waals surface area contributed by atoms with E-state index in [4.69, 9.17) is 4.74 Å². The van der Waals surface area contributed by atoms with Crippen molar-refractivity contribution >= 4 is 11.9 Å². The molecule has 0 unspecified atom stereocenters. The number of ether oxygens (including phenoxy) is 1. The van der Waals surface area contributed by atoms with Gasteiger partial charge in [0.1, 0.15) is 12.0 Å². The zero-order valence-electron chi connectivity index (χ0n) is 12.3. The summed E-state index contributed by atoms with van der Waals surface area (Å²) < 4.78 is 5.31. The Kier molecular flexibility index (Phi) is 5.31. The minimum Gasteiger partial charge on any atom is -0.481 e. The van der Waals surface area contributed by atoms with Gasteiger partial charge in [-0.3, -0.25) is 9.59 Å². The first-order chi connectivity index (χ1) is 10.6. The van der Waals surface area contributed by atoms with Gasteiger partial charge in [0.05, 0.1) is 0 Å². The van der Waals surface area contributed by atoms with Crippen molar-refractivity contribution < 1.29 is 19.4 Å². The average Bonchev–Trinajstić information content (AvgIpc) is 2.48. The Morgan fingerprint density at radius 2 is 1.55 bits per heavy atom. The van der Waals surface area contributed by atoms with Crippen LogP contribution in [0.5, 0.6) is 0 Å². The molecule has 114 valence electrons. The molecule has 2 atom stereocenters. The molecule has 2 rings (SSSR count). The average molecular weight is 298 g/mol. The Labute approximate surface area is 129 Å². The zero-order chi connectivity index (χ0) is 15.9. The van der Waals surface area contributed by atoms with Gasteiger partial charge >= 0.3 is 11.9 Å². The van der Waals surface area contributed by atoms with E-state index in [0.29, 0.717) is 12.0 Å². The van der Waals surface area contributed by atoms with Gasteiger partial charge in [0, 0.05) is 13.3 Å². The van der Waals surface area contributed by atoms with Crippen molar-refractivity contribution in [3.8, 4) is 0 Å². The van der Waals surface area contributed by atoms with Crippen LogP contribution in [0.4, 0.5) is 0 Å². The standard InChI is InChI=1S/C18H18O4/c1-13(19)22-16(12-14-8-4-2-5-9-14)17(18(20)21)15-10-6-3-7-11-15/h2-11,16-17H,12H2,1H3,(H,20,21)/t16-,17-/m0/s1. The summed E-state index contributed by atoms with van der Waals surface area (Å²) in [5.41, 5.74) is 1.55. The molecule has 0 radical (unpaired) electrons. The first-order valence-corrected chi connectivity index (χ1v) is 7.07. The quantitative estimate of drug-likeness (QED) is 0.833. The lowest BCUT2D eigenvalue weighted by Crippen LogP contribution is -2.32. The minimum absolute atomic E-state index is 0.353. The topological polar surface area (TPSA) is 63.6 Å². The monoisotopic (exact) mass is 298 g/mol. The maximum absolute atomic E-state index is 11.7. The third kappa shape index (κ3) is 4.19. The van der Waals surface area contributed by atoms with E-state index in [1.165, 1.54) is 6.92 Å². The van der Waals surface area contributed by atoms with Crippen LogP contribution in [-0.2, 0) is 20.7 Å². The van der Waals surface area contributed by atoms with Crippen LogP contribution in [0.15, 0.2) is 60.7 Å². The van der Waals surface area contributed by atoms with Gasteiger partial charge in [-0.2, -0.15) is 0 Å². The highest BCUT2D eigenvalue weighted by Crippen LogP contribution is 2.25. The van der Waals surface area contributed by atoms with Gasteiger partial charge in [0.2, 0.25) is 0 Å². The molecule has 4 heteroatoms. The van der Waals surface area contributed by atoms with Gasteiger partial charge in [0.25, 0.3) is 0 Å². The van der Waals surface area contributed by atoms with Gasteiger partial charge in [-0.05, 0) is 11.1 Å². The molecule has 4 nitrogen and oxygen atoms in total. The normalized spacial score (nSPS) is 13.1. The molecule has 0 saturated carbocycles. The number of aliphatic carboxylic acids is 1. The van der Waals surface area contributed by atoms with Gasteiger partial charge in [-0.25, -0.2) is 0 Å². The van der Waals surface area contributed by atoms with Gasteiger partial charge in [-0.15, -0.1) is 0 Å². The Morgan fingerprint density at radius 3 is 2.05 bits per heavy atom. The number of carbonyl (C=O) groups is 2. The van der Waals surface area contributed by atoms with Crippen LogP contribution in [0, 0.1) is 0 Å². The summed E-state index contributed by atoms with van der Waals surface area (Å²) in [6, 6.07) is 18.3. The molecular formula is C18H18O4. The highest BCUT2D eigenvalue weighted by Gasteiger charge is 2.32. The Bertz CT molecular complexity index is 622. The molecular weight excluding hydrogens is 280 g/mol. The molecule has 0 fully saturated rings. The van der Waals surface area contributed by atoms with Crippen LogP contribution in [0.25, 0.3) is 0 Å². The lowest BCUT2D eigenvalue weighted by Gasteiger charge is -2.24. The second-order valence-electron chi connectivity index (χ2n) is 5.06. The van der Waals surface area contributed by atoms with Crippen molar-refractivity contribution in [3.05, 3.63) is 71.8 Å². The van der Waals surface area contributed by atoms with Crippen LogP contribution < -0.4 is 0 Å². The summed E-state index contributed by atoms with van der Waals surface area (Å²) >= 11 is 0. The summed E-state index contributed by atoms with van der Waals surface area (Å²) in [4.78, 5) is 23.1. The molecule has 0 amide bonds. The second kappa shape index (κ2) is 7.41. The van der Waals surface area contributed by atoms with Crippen molar-refractivity contribution in [2.45, 2.75) is 25.4 Å². The van der Waals surface area contributed by atoms with Crippen molar-refractivity contribution in [1.29, 1.82) is 0 Å². The van der Waals surface area contributed by atoms with Crippen LogP contribution in [0.2, 0.25) is 0 Å². The molecule has 1 N–H and O–H groups in total. The SMILES string of the molecule is CC(=O)O[C@@H](Cc1ccccc1)[C@@H](C(=O)O)c1ccccc1. The summed E-state index contributed by atoms with van der Waals surface area (Å²) in [6.45, 7) is 1.29. The summed E-state index contributed by atoms with van der Waals surface area (Å²) in [6.07, 6.45) is -0.397. The number of carboxylic acid groups (broad SMARTS) is 1. The van der Waals surface area contributed by atoms with Crippen LogP contribution >= 0.6 is 0 Å². The molecule has 0 spiro atoms. The largest absolute Gasteiger partial charge is 0.481 e. The molecule has 0 aliphatic carbocycles. The third-order valence-corrected chi connectivity index (χ3v) is 3.39.